The molecule has 0 heterocycles. The molecule has 4 rings (SSSR count). The minimum Gasteiger partial charge on any atom is -0.396 e. The molecule has 2 N–H and O–H groups in total. The zero-order valence-electron chi connectivity index (χ0n) is 17.4. The lowest BCUT2D eigenvalue weighted by Crippen LogP contribution is -2.51. The zero-order chi connectivity index (χ0) is 18.5. The molecule has 5 unspecified atom stereocenters. The van der Waals surface area contributed by atoms with Crippen LogP contribution >= 0.6 is 0 Å². The first-order valence-corrected chi connectivity index (χ1v) is 11.7. The van der Waals surface area contributed by atoms with Gasteiger partial charge in [0.1, 0.15) is 0 Å². The van der Waals surface area contributed by atoms with Crippen LogP contribution in [0.2, 0.25) is 0 Å². The topological polar surface area (TPSA) is 40.5 Å². The molecule has 0 aromatic carbocycles. The van der Waals surface area contributed by atoms with E-state index in [1.807, 2.05) is 0 Å². The van der Waals surface area contributed by atoms with E-state index in [1.165, 1.54) is 44.9 Å². The molecule has 4 aliphatic rings. The quantitative estimate of drug-likeness (QED) is 0.701. The molecule has 26 heavy (non-hydrogen) atoms. The van der Waals surface area contributed by atoms with Crippen LogP contribution in [0.4, 0.5) is 0 Å². The molecule has 9 atom stereocenters. The first-order chi connectivity index (χ1) is 12.4. The van der Waals surface area contributed by atoms with Crippen molar-refractivity contribution in [2.24, 2.45) is 46.8 Å². The second kappa shape index (κ2) is 7.07. The van der Waals surface area contributed by atoms with Gasteiger partial charge in [0, 0.05) is 6.61 Å². The van der Waals surface area contributed by atoms with Crippen LogP contribution < -0.4 is 0 Å². The number of aliphatic hydroxyl groups is 2. The third-order valence-electron chi connectivity index (χ3n) is 9.87. The Kier molecular flexibility index (Phi) is 5.23. The average Bonchev–Trinajstić information content (AvgIpc) is 2.98. The molecule has 2 nitrogen and oxygen atoms in total. The van der Waals surface area contributed by atoms with Crippen LogP contribution in [0.25, 0.3) is 0 Å². The van der Waals surface area contributed by atoms with E-state index in [-0.39, 0.29) is 5.60 Å². The summed E-state index contributed by atoms with van der Waals surface area (Å²) in [5.41, 5.74) is 0.134. The summed E-state index contributed by atoms with van der Waals surface area (Å²) in [5, 5.41) is 20.8. The largest absolute Gasteiger partial charge is 0.396 e. The smallest absolute Gasteiger partial charge is 0.0650 e. The second-order valence-electron chi connectivity index (χ2n) is 11.0. The van der Waals surface area contributed by atoms with Crippen molar-refractivity contribution < 1.29 is 10.2 Å². The van der Waals surface area contributed by atoms with Crippen molar-refractivity contribution in [2.45, 2.75) is 97.0 Å². The summed E-state index contributed by atoms with van der Waals surface area (Å²) in [4.78, 5) is 0. The van der Waals surface area contributed by atoms with Gasteiger partial charge < -0.3 is 10.2 Å². The molecular weight excluding hydrogens is 320 g/mol. The van der Waals surface area contributed by atoms with E-state index in [4.69, 9.17) is 0 Å². The molecule has 0 spiro atoms. The van der Waals surface area contributed by atoms with Crippen LogP contribution in [-0.2, 0) is 0 Å². The van der Waals surface area contributed by atoms with Crippen LogP contribution in [0, 0.1) is 46.8 Å². The Hall–Kier alpha value is -0.0800. The summed E-state index contributed by atoms with van der Waals surface area (Å²) in [5.74, 6) is 5.65. The van der Waals surface area contributed by atoms with Crippen molar-refractivity contribution >= 4 is 0 Å². The molecule has 150 valence electrons. The highest BCUT2D eigenvalue weighted by Gasteiger charge is 2.58. The SMILES string of the molecule is CCC[C@@]1(O)CCC2C(CCC3[C@@H]2CC[C@]2(C)C(C(C)CO)CC[C@@H]32)C1. The molecular formula is C24H42O2. The van der Waals surface area contributed by atoms with E-state index in [0.29, 0.717) is 17.9 Å². The fraction of sp³-hybridized carbons (Fsp3) is 1.00. The van der Waals surface area contributed by atoms with Crippen molar-refractivity contribution in [1.29, 1.82) is 0 Å². The van der Waals surface area contributed by atoms with Gasteiger partial charge in [-0.25, -0.2) is 0 Å². The van der Waals surface area contributed by atoms with Gasteiger partial charge in [0.2, 0.25) is 0 Å². The van der Waals surface area contributed by atoms with Crippen LogP contribution in [0.3, 0.4) is 0 Å². The maximum Gasteiger partial charge on any atom is 0.0650 e. The number of rotatable bonds is 4. The second-order valence-corrected chi connectivity index (χ2v) is 11.0. The Balaban J connectivity index is 1.49. The van der Waals surface area contributed by atoms with Crippen molar-refractivity contribution in [1.82, 2.24) is 0 Å². The van der Waals surface area contributed by atoms with Gasteiger partial charge >= 0.3 is 0 Å². The molecule has 4 saturated carbocycles. The maximum atomic E-state index is 11.0. The van der Waals surface area contributed by atoms with E-state index in [1.54, 1.807) is 0 Å². The monoisotopic (exact) mass is 362 g/mol. The van der Waals surface area contributed by atoms with Crippen LogP contribution in [0.5, 0.6) is 0 Å². The zero-order valence-corrected chi connectivity index (χ0v) is 17.4. The van der Waals surface area contributed by atoms with Crippen LogP contribution in [-0.4, -0.2) is 22.4 Å². The lowest BCUT2D eigenvalue weighted by molar-refractivity contribution is -0.111. The Morgan fingerprint density at radius 1 is 0.962 bits per heavy atom. The predicted molar refractivity (Wildman–Crippen MR) is 107 cm³/mol. The van der Waals surface area contributed by atoms with E-state index in [9.17, 15) is 10.2 Å². The van der Waals surface area contributed by atoms with Gasteiger partial charge in [-0.05, 0) is 111 Å². The number of aliphatic hydroxyl groups excluding tert-OH is 1. The van der Waals surface area contributed by atoms with Crippen molar-refractivity contribution in [3.05, 3.63) is 0 Å². The molecule has 4 fully saturated rings. The summed E-state index contributed by atoms with van der Waals surface area (Å²) in [6.45, 7) is 7.43. The van der Waals surface area contributed by atoms with E-state index in [2.05, 4.69) is 20.8 Å². The van der Waals surface area contributed by atoms with Crippen LogP contribution in [0.15, 0.2) is 0 Å². The third-order valence-corrected chi connectivity index (χ3v) is 9.87. The highest BCUT2D eigenvalue weighted by Crippen LogP contribution is 2.65. The molecule has 2 heteroatoms. The lowest BCUT2D eigenvalue weighted by Gasteiger charge is -2.57. The summed E-state index contributed by atoms with van der Waals surface area (Å²) in [7, 11) is 0. The van der Waals surface area contributed by atoms with Gasteiger partial charge in [0.25, 0.3) is 0 Å². The van der Waals surface area contributed by atoms with Crippen LogP contribution in [0.1, 0.15) is 91.4 Å². The highest BCUT2D eigenvalue weighted by molar-refractivity contribution is 5.07. The molecule has 0 aromatic rings. The molecule has 4 aliphatic carbocycles. The standard InChI is InChI=1S/C24H42O2/c1-4-11-24(26)13-10-18-17(14-24)5-6-20-19(18)9-12-23(3)21(16(2)15-25)7-8-22(20)23/h16-22,25-26H,4-15H2,1-3H3/t16?,17?,18?,19-,20?,21?,22+,23-,24-/m1/s1. The molecule has 0 amide bonds. The van der Waals surface area contributed by atoms with E-state index < -0.39 is 0 Å². The van der Waals surface area contributed by atoms with Gasteiger partial charge in [-0.3, -0.25) is 0 Å². The number of hydrogen-bond donors (Lipinski definition) is 2. The molecule has 0 bridgehead atoms. The van der Waals surface area contributed by atoms with Crippen molar-refractivity contribution in [2.75, 3.05) is 6.61 Å². The normalized spacial score (nSPS) is 52.0. The summed E-state index contributed by atoms with van der Waals surface area (Å²) in [6.07, 6.45) is 13.9. The maximum absolute atomic E-state index is 11.0. The summed E-state index contributed by atoms with van der Waals surface area (Å²) >= 11 is 0. The number of fused-ring (bicyclic) bond motifs is 5. The minimum atomic E-state index is -0.346. The fourth-order valence-electron chi connectivity index (χ4n) is 8.76. The highest BCUT2D eigenvalue weighted by atomic mass is 16.3. The van der Waals surface area contributed by atoms with Crippen molar-refractivity contribution in [3.8, 4) is 0 Å². The van der Waals surface area contributed by atoms with Gasteiger partial charge in [0.05, 0.1) is 5.60 Å². The lowest BCUT2D eigenvalue weighted by atomic mass is 9.48. The fourth-order valence-corrected chi connectivity index (χ4v) is 8.76. The van der Waals surface area contributed by atoms with Gasteiger partial charge in [0.15, 0.2) is 0 Å². The third kappa shape index (κ3) is 2.98. The van der Waals surface area contributed by atoms with E-state index >= 15 is 0 Å². The van der Waals surface area contributed by atoms with Gasteiger partial charge in [-0.15, -0.1) is 0 Å². The Labute approximate surface area is 161 Å². The predicted octanol–water partition coefficient (Wildman–Crippen LogP) is 5.41. The minimum absolute atomic E-state index is 0.346. The van der Waals surface area contributed by atoms with Gasteiger partial charge in [-0.2, -0.15) is 0 Å². The summed E-state index contributed by atoms with van der Waals surface area (Å²) in [6, 6.07) is 0. The molecule has 0 aliphatic heterocycles. The Morgan fingerprint density at radius 3 is 2.46 bits per heavy atom. The molecule has 0 radical (unpaired) electrons. The van der Waals surface area contributed by atoms with Gasteiger partial charge in [-0.1, -0.05) is 27.2 Å². The van der Waals surface area contributed by atoms with E-state index in [0.717, 1.165) is 61.2 Å². The Morgan fingerprint density at radius 2 is 1.73 bits per heavy atom. The molecule has 0 saturated heterocycles. The number of hydrogen-bond acceptors (Lipinski definition) is 2. The average molecular weight is 363 g/mol. The van der Waals surface area contributed by atoms with Crippen molar-refractivity contribution in [3.63, 3.8) is 0 Å². The summed E-state index contributed by atoms with van der Waals surface area (Å²) < 4.78 is 0. The Bertz CT molecular complexity index is 504. The first-order valence-electron chi connectivity index (χ1n) is 11.7. The molecule has 0 aromatic heterocycles. The first kappa shape index (κ1) is 19.2.